The van der Waals surface area contributed by atoms with Crippen LogP contribution in [0.2, 0.25) is 0 Å². The third-order valence-corrected chi connectivity index (χ3v) is 2.01. The average molecular weight is 258 g/mol. The quantitative estimate of drug-likeness (QED) is 0.489. The number of allylic oxidation sites excluding steroid dienone is 1. The number of carbonyl (C=O) groups excluding carboxylic acids is 1. The lowest BCUT2D eigenvalue weighted by atomic mass is 10.2. The van der Waals surface area contributed by atoms with Crippen molar-refractivity contribution in [3.05, 3.63) is 29.6 Å². The van der Waals surface area contributed by atoms with Crippen molar-refractivity contribution in [3.8, 4) is 11.8 Å². The molecule has 2 N–H and O–H groups in total. The summed E-state index contributed by atoms with van der Waals surface area (Å²) in [7, 11) is 0. The van der Waals surface area contributed by atoms with E-state index in [1.165, 1.54) is 18.5 Å². The number of nitrogens with zero attached hydrogens (tertiary/aromatic N) is 3. The topological polar surface area (TPSA) is 101 Å². The maximum Gasteiger partial charge on any atom is 0.155 e. The van der Waals surface area contributed by atoms with Gasteiger partial charge in [-0.3, -0.25) is 4.79 Å². The fraction of sp³-hybridized carbons (Fsp3) is 0.231. The summed E-state index contributed by atoms with van der Waals surface area (Å²) in [5.74, 6) is 0.736. The van der Waals surface area contributed by atoms with Crippen molar-refractivity contribution in [2.45, 2.75) is 20.0 Å². The van der Waals surface area contributed by atoms with Crippen LogP contribution in [0, 0.1) is 11.3 Å². The van der Waals surface area contributed by atoms with Crippen LogP contribution in [0.3, 0.4) is 0 Å². The lowest BCUT2D eigenvalue weighted by Crippen LogP contribution is -2.07. The van der Waals surface area contributed by atoms with E-state index in [2.05, 4.69) is 9.98 Å². The van der Waals surface area contributed by atoms with Crippen LogP contribution in [0.25, 0.3) is 0 Å². The van der Waals surface area contributed by atoms with Gasteiger partial charge in [-0.05, 0) is 13.8 Å². The molecule has 0 fully saturated rings. The van der Waals surface area contributed by atoms with Crippen molar-refractivity contribution in [1.82, 2.24) is 4.98 Å². The minimum Gasteiger partial charge on any atom is -0.489 e. The van der Waals surface area contributed by atoms with E-state index in [1.54, 1.807) is 0 Å². The average Bonchev–Trinajstić information content (AvgIpc) is 2.39. The Hall–Kier alpha value is -2.68. The molecule has 0 aliphatic heterocycles. The van der Waals surface area contributed by atoms with Gasteiger partial charge in [-0.15, -0.1) is 0 Å². The van der Waals surface area contributed by atoms with Crippen LogP contribution >= 0.6 is 0 Å². The minimum absolute atomic E-state index is 0.0687. The molecule has 0 aliphatic rings. The van der Waals surface area contributed by atoms with Gasteiger partial charge < -0.3 is 10.5 Å². The Morgan fingerprint density at radius 1 is 1.63 bits per heavy atom. The summed E-state index contributed by atoms with van der Waals surface area (Å²) in [6, 6.07) is 3.52. The second-order valence-corrected chi connectivity index (χ2v) is 3.86. The Balaban J connectivity index is 3.05. The number of aliphatic imine (C=N–C) groups is 1. The number of aromatic nitrogens is 1. The molecule has 1 aromatic rings. The Morgan fingerprint density at radius 2 is 2.37 bits per heavy atom. The normalized spacial score (nSPS) is 11.6. The molecular weight excluding hydrogens is 244 g/mol. The van der Waals surface area contributed by atoms with E-state index in [-0.39, 0.29) is 11.7 Å². The molecule has 0 unspecified atom stereocenters. The first-order chi connectivity index (χ1) is 9.10. The van der Waals surface area contributed by atoms with E-state index in [0.29, 0.717) is 23.4 Å². The van der Waals surface area contributed by atoms with Crippen LogP contribution in [0.15, 0.2) is 29.0 Å². The summed E-state index contributed by atoms with van der Waals surface area (Å²) in [6.45, 7) is 3.71. The van der Waals surface area contributed by atoms with Gasteiger partial charge >= 0.3 is 0 Å². The number of hydrogen-bond acceptors (Lipinski definition) is 6. The predicted octanol–water partition coefficient (Wildman–Crippen LogP) is 1.48. The lowest BCUT2D eigenvalue weighted by Gasteiger charge is -2.10. The van der Waals surface area contributed by atoms with Gasteiger partial charge in [-0.1, -0.05) is 0 Å². The van der Waals surface area contributed by atoms with Crippen LogP contribution in [0.5, 0.6) is 5.75 Å². The highest BCUT2D eigenvalue weighted by molar-refractivity contribution is 6.02. The third-order valence-electron chi connectivity index (χ3n) is 2.01. The fourth-order valence-corrected chi connectivity index (χ4v) is 1.19. The number of ether oxygens (including phenoxy) is 1. The van der Waals surface area contributed by atoms with Gasteiger partial charge in [0, 0.05) is 24.1 Å². The van der Waals surface area contributed by atoms with E-state index in [4.69, 9.17) is 15.7 Å². The molecule has 1 aromatic heterocycles. The van der Waals surface area contributed by atoms with E-state index in [0.717, 1.165) is 6.20 Å². The first-order valence-corrected chi connectivity index (χ1v) is 5.58. The summed E-state index contributed by atoms with van der Waals surface area (Å²) in [4.78, 5) is 18.5. The summed E-state index contributed by atoms with van der Waals surface area (Å²) in [6.07, 6.45) is 4.32. The molecule has 19 heavy (non-hydrogen) atoms. The van der Waals surface area contributed by atoms with Gasteiger partial charge in [-0.2, -0.15) is 5.26 Å². The van der Waals surface area contributed by atoms with Crippen molar-refractivity contribution in [2.75, 3.05) is 0 Å². The first kappa shape index (κ1) is 14.4. The van der Waals surface area contributed by atoms with E-state index >= 15 is 0 Å². The second-order valence-electron chi connectivity index (χ2n) is 3.86. The number of aldehydes is 1. The molecule has 0 saturated heterocycles. The Morgan fingerprint density at radius 3 is 2.89 bits per heavy atom. The Labute approximate surface area is 111 Å². The van der Waals surface area contributed by atoms with Crippen molar-refractivity contribution >= 4 is 18.3 Å². The highest BCUT2D eigenvalue weighted by Gasteiger charge is 2.07. The van der Waals surface area contributed by atoms with E-state index < -0.39 is 0 Å². The minimum atomic E-state index is -0.0687. The van der Waals surface area contributed by atoms with Crippen molar-refractivity contribution in [1.29, 1.82) is 5.26 Å². The molecule has 0 aromatic carbocycles. The van der Waals surface area contributed by atoms with Crippen LogP contribution in [0.1, 0.15) is 19.4 Å². The fourth-order valence-electron chi connectivity index (χ4n) is 1.19. The largest absolute Gasteiger partial charge is 0.489 e. The number of carbonyl (C=O) groups is 1. The van der Waals surface area contributed by atoms with Gasteiger partial charge in [0.05, 0.1) is 12.3 Å². The molecule has 6 nitrogen and oxygen atoms in total. The second kappa shape index (κ2) is 6.91. The van der Waals surface area contributed by atoms with Crippen LogP contribution < -0.4 is 10.5 Å². The first-order valence-electron chi connectivity index (χ1n) is 5.58. The van der Waals surface area contributed by atoms with Crippen LogP contribution in [-0.2, 0) is 4.79 Å². The molecule has 0 radical (unpaired) electrons. The van der Waals surface area contributed by atoms with Crippen molar-refractivity contribution in [2.24, 2.45) is 10.7 Å². The molecule has 0 amide bonds. The molecule has 98 valence electrons. The zero-order valence-corrected chi connectivity index (χ0v) is 10.7. The molecule has 0 spiro atoms. The smallest absolute Gasteiger partial charge is 0.155 e. The van der Waals surface area contributed by atoms with Crippen LogP contribution in [-0.4, -0.2) is 23.6 Å². The van der Waals surface area contributed by atoms with Gasteiger partial charge in [0.25, 0.3) is 0 Å². The maximum atomic E-state index is 10.5. The Kier molecular flexibility index (Phi) is 5.23. The van der Waals surface area contributed by atoms with Crippen molar-refractivity contribution < 1.29 is 9.53 Å². The van der Waals surface area contributed by atoms with Gasteiger partial charge in [0.15, 0.2) is 12.1 Å². The zero-order valence-electron chi connectivity index (χ0n) is 10.7. The monoisotopic (exact) mass is 258 g/mol. The molecular formula is C13H14N4O2. The molecule has 1 rings (SSSR count). The lowest BCUT2D eigenvalue weighted by molar-refractivity contribution is -0.104. The van der Waals surface area contributed by atoms with Gasteiger partial charge in [0.2, 0.25) is 0 Å². The molecule has 6 heteroatoms. The highest BCUT2D eigenvalue weighted by Crippen LogP contribution is 2.23. The van der Waals surface area contributed by atoms with E-state index in [1.807, 2.05) is 19.9 Å². The number of hydrogen-bond donors (Lipinski definition) is 1. The molecule has 0 saturated carbocycles. The number of nitriles is 1. The molecule has 0 aliphatic carbocycles. The summed E-state index contributed by atoms with van der Waals surface area (Å²) in [5.41, 5.74) is 5.78. The SMILES string of the molecule is CC(C)Oc1cc(N=CC(C=O)=CN)ncc1C#N. The van der Waals surface area contributed by atoms with Crippen molar-refractivity contribution in [3.63, 3.8) is 0 Å². The molecule has 0 bridgehead atoms. The zero-order chi connectivity index (χ0) is 14.3. The van der Waals surface area contributed by atoms with Gasteiger partial charge in [0.1, 0.15) is 17.4 Å². The third kappa shape index (κ3) is 4.24. The number of nitrogens with two attached hydrogens (primary N) is 1. The predicted molar refractivity (Wildman–Crippen MR) is 71.2 cm³/mol. The summed E-state index contributed by atoms with van der Waals surface area (Å²) in [5, 5.41) is 8.94. The van der Waals surface area contributed by atoms with E-state index in [9.17, 15) is 4.79 Å². The molecule has 0 atom stereocenters. The number of pyridine rings is 1. The summed E-state index contributed by atoms with van der Waals surface area (Å²) < 4.78 is 5.49. The highest BCUT2D eigenvalue weighted by atomic mass is 16.5. The molecule has 1 heterocycles. The number of rotatable bonds is 5. The van der Waals surface area contributed by atoms with Gasteiger partial charge in [-0.25, -0.2) is 9.98 Å². The maximum absolute atomic E-state index is 10.5. The Bertz CT molecular complexity index is 556. The standard InChI is InChI=1S/C13H14N4O2/c1-9(2)19-12-3-13(17-7-11(12)5-15)16-6-10(4-14)8-18/h3-4,6-9H,14H2,1-2H3. The van der Waals surface area contributed by atoms with Crippen LogP contribution in [0.4, 0.5) is 5.82 Å². The summed E-state index contributed by atoms with van der Waals surface area (Å²) >= 11 is 0.